The third-order valence-corrected chi connectivity index (χ3v) is 3.84. The van der Waals surface area contributed by atoms with Gasteiger partial charge in [0.05, 0.1) is 10.7 Å². The number of amides is 1. The summed E-state index contributed by atoms with van der Waals surface area (Å²) in [6.45, 7) is 1.87. The van der Waals surface area contributed by atoms with Crippen molar-refractivity contribution in [2.24, 2.45) is 0 Å². The van der Waals surface area contributed by atoms with Crippen molar-refractivity contribution in [3.05, 3.63) is 39.9 Å². The van der Waals surface area contributed by atoms with Gasteiger partial charge in [0, 0.05) is 0 Å². The number of rotatable bonds is 2. The van der Waals surface area contributed by atoms with E-state index in [1.807, 2.05) is 25.1 Å². The van der Waals surface area contributed by atoms with Crippen LogP contribution in [-0.4, -0.2) is 5.91 Å². The zero-order valence-corrected chi connectivity index (χ0v) is 11.5. The molecule has 3 nitrogen and oxygen atoms in total. The van der Waals surface area contributed by atoms with Crippen molar-refractivity contribution in [2.75, 3.05) is 5.32 Å². The molecule has 4 heteroatoms. The summed E-state index contributed by atoms with van der Waals surface area (Å²) in [6.07, 6.45) is 3.80. The Morgan fingerprint density at radius 1 is 1.37 bits per heavy atom. The first-order valence-electron chi connectivity index (χ1n) is 6.32. The zero-order chi connectivity index (χ0) is 13.8. The molecule has 1 saturated carbocycles. The molecule has 0 atom stereocenters. The molecule has 1 N–H and O–H groups in total. The predicted octanol–water partition coefficient (Wildman–Crippen LogP) is 3.98. The van der Waals surface area contributed by atoms with Crippen LogP contribution in [0.25, 0.3) is 0 Å². The number of carbonyl (C=O) groups excluding carboxylic acids is 1. The summed E-state index contributed by atoms with van der Waals surface area (Å²) in [4.78, 5) is 12.1. The van der Waals surface area contributed by atoms with E-state index in [-0.39, 0.29) is 11.5 Å². The standard InChI is InChI=1S/C15H15ClN2O/c1-10-5-4-8-13(14(10)16)18-15(19)12(9-17)11-6-2-3-7-11/h4-5,8H,2-3,6-7H2,1H3,(H,18,19). The minimum atomic E-state index is -0.355. The number of carbonyl (C=O) groups is 1. The first-order chi connectivity index (χ1) is 9.13. The van der Waals surface area contributed by atoms with Crippen molar-refractivity contribution in [1.29, 1.82) is 5.26 Å². The van der Waals surface area contributed by atoms with Crippen LogP contribution in [0.1, 0.15) is 31.2 Å². The van der Waals surface area contributed by atoms with E-state index in [4.69, 9.17) is 16.9 Å². The number of anilines is 1. The summed E-state index contributed by atoms with van der Waals surface area (Å²) < 4.78 is 0. The number of aryl methyl sites for hydroxylation is 1. The van der Waals surface area contributed by atoms with Crippen molar-refractivity contribution in [1.82, 2.24) is 0 Å². The Kier molecular flexibility index (Phi) is 4.24. The molecule has 2 rings (SSSR count). The van der Waals surface area contributed by atoms with Gasteiger partial charge in [0.2, 0.25) is 0 Å². The SMILES string of the molecule is Cc1cccc(NC(=O)C(C#N)=C2CCCC2)c1Cl. The van der Waals surface area contributed by atoms with Gasteiger partial charge in [0.15, 0.2) is 0 Å². The minimum absolute atomic E-state index is 0.245. The van der Waals surface area contributed by atoms with E-state index in [0.29, 0.717) is 10.7 Å². The second kappa shape index (κ2) is 5.90. The highest BCUT2D eigenvalue weighted by Gasteiger charge is 2.19. The van der Waals surface area contributed by atoms with Gasteiger partial charge in [0.1, 0.15) is 11.6 Å². The highest BCUT2D eigenvalue weighted by Crippen LogP contribution is 2.29. The predicted molar refractivity (Wildman–Crippen MR) is 75.9 cm³/mol. The summed E-state index contributed by atoms with van der Waals surface area (Å²) >= 11 is 6.13. The quantitative estimate of drug-likeness (QED) is 0.655. The van der Waals surface area contributed by atoms with E-state index in [9.17, 15) is 4.79 Å². The van der Waals surface area contributed by atoms with Crippen molar-refractivity contribution in [3.63, 3.8) is 0 Å². The monoisotopic (exact) mass is 274 g/mol. The number of hydrogen-bond donors (Lipinski definition) is 1. The molecule has 1 aliphatic carbocycles. The van der Waals surface area contributed by atoms with Crippen molar-refractivity contribution in [2.45, 2.75) is 32.6 Å². The lowest BCUT2D eigenvalue weighted by Gasteiger charge is -2.09. The fourth-order valence-electron chi connectivity index (χ4n) is 2.27. The maximum absolute atomic E-state index is 12.1. The molecule has 0 aromatic heterocycles. The molecule has 0 unspecified atom stereocenters. The van der Waals surface area contributed by atoms with Gasteiger partial charge in [-0.3, -0.25) is 4.79 Å². The number of nitriles is 1. The van der Waals surface area contributed by atoms with Crippen LogP contribution < -0.4 is 5.32 Å². The van der Waals surface area contributed by atoms with Crippen molar-refractivity contribution >= 4 is 23.2 Å². The molecular formula is C15H15ClN2O. The molecule has 0 bridgehead atoms. The summed E-state index contributed by atoms with van der Waals surface area (Å²) in [7, 11) is 0. The van der Waals surface area contributed by atoms with Gasteiger partial charge in [-0.15, -0.1) is 0 Å². The maximum Gasteiger partial charge on any atom is 0.266 e. The number of nitrogens with zero attached hydrogens (tertiary/aromatic N) is 1. The number of hydrogen-bond acceptors (Lipinski definition) is 2. The lowest BCUT2D eigenvalue weighted by atomic mass is 10.1. The minimum Gasteiger partial charge on any atom is -0.320 e. The fourth-order valence-corrected chi connectivity index (χ4v) is 2.44. The molecule has 19 heavy (non-hydrogen) atoms. The van der Waals surface area contributed by atoms with Crippen LogP contribution in [0.15, 0.2) is 29.3 Å². The first kappa shape index (κ1) is 13.6. The van der Waals surface area contributed by atoms with Crippen LogP contribution in [-0.2, 0) is 4.79 Å². The summed E-state index contributed by atoms with van der Waals surface area (Å²) in [5, 5.41) is 12.4. The number of halogens is 1. The van der Waals surface area contributed by atoms with E-state index < -0.39 is 0 Å². The lowest BCUT2D eigenvalue weighted by Crippen LogP contribution is -2.15. The molecule has 0 spiro atoms. The van der Waals surface area contributed by atoms with Crippen LogP contribution >= 0.6 is 11.6 Å². The zero-order valence-electron chi connectivity index (χ0n) is 10.8. The van der Waals surface area contributed by atoms with Gasteiger partial charge < -0.3 is 5.32 Å². The largest absolute Gasteiger partial charge is 0.320 e. The maximum atomic E-state index is 12.1. The van der Waals surface area contributed by atoms with Crippen LogP contribution in [0.4, 0.5) is 5.69 Å². The highest BCUT2D eigenvalue weighted by atomic mass is 35.5. The molecule has 0 heterocycles. The Hall–Kier alpha value is -1.79. The van der Waals surface area contributed by atoms with E-state index in [2.05, 4.69) is 5.32 Å². The molecule has 1 aliphatic rings. The second-order valence-corrected chi connectivity index (χ2v) is 5.07. The van der Waals surface area contributed by atoms with Gasteiger partial charge in [0.25, 0.3) is 5.91 Å². The average Bonchev–Trinajstić information content (AvgIpc) is 2.90. The number of benzene rings is 1. The molecule has 1 fully saturated rings. The third kappa shape index (κ3) is 2.97. The van der Waals surface area contributed by atoms with Crippen LogP contribution in [0.5, 0.6) is 0 Å². The normalized spacial score (nSPS) is 14.1. The molecule has 98 valence electrons. The van der Waals surface area contributed by atoms with E-state index in [1.165, 1.54) is 0 Å². The lowest BCUT2D eigenvalue weighted by molar-refractivity contribution is -0.112. The molecular weight excluding hydrogens is 260 g/mol. The Balaban J connectivity index is 2.24. The Labute approximate surface area is 117 Å². The van der Waals surface area contributed by atoms with Gasteiger partial charge in [-0.25, -0.2) is 0 Å². The van der Waals surface area contributed by atoms with E-state index in [1.54, 1.807) is 6.07 Å². The van der Waals surface area contributed by atoms with E-state index in [0.717, 1.165) is 36.8 Å². The number of nitrogens with one attached hydrogen (secondary N) is 1. The van der Waals surface area contributed by atoms with Gasteiger partial charge in [-0.05, 0) is 49.8 Å². The van der Waals surface area contributed by atoms with Crippen LogP contribution in [0.3, 0.4) is 0 Å². The average molecular weight is 275 g/mol. The topological polar surface area (TPSA) is 52.9 Å². The van der Waals surface area contributed by atoms with Gasteiger partial charge in [-0.2, -0.15) is 5.26 Å². The number of allylic oxidation sites excluding steroid dienone is 1. The Bertz CT molecular complexity index is 576. The molecule has 1 amide bonds. The summed E-state index contributed by atoms with van der Waals surface area (Å²) in [5.74, 6) is -0.355. The molecule has 1 aromatic carbocycles. The smallest absolute Gasteiger partial charge is 0.266 e. The molecule has 0 radical (unpaired) electrons. The fraction of sp³-hybridized carbons (Fsp3) is 0.333. The van der Waals surface area contributed by atoms with Crippen molar-refractivity contribution in [3.8, 4) is 6.07 Å². The highest BCUT2D eigenvalue weighted by molar-refractivity contribution is 6.34. The molecule has 1 aromatic rings. The summed E-state index contributed by atoms with van der Waals surface area (Å²) in [5.41, 5.74) is 2.66. The first-order valence-corrected chi connectivity index (χ1v) is 6.70. The Morgan fingerprint density at radius 2 is 2.05 bits per heavy atom. The Morgan fingerprint density at radius 3 is 2.68 bits per heavy atom. The molecule has 0 aliphatic heterocycles. The van der Waals surface area contributed by atoms with Crippen LogP contribution in [0, 0.1) is 18.3 Å². The third-order valence-electron chi connectivity index (χ3n) is 3.34. The second-order valence-electron chi connectivity index (χ2n) is 4.69. The van der Waals surface area contributed by atoms with Gasteiger partial charge in [-0.1, -0.05) is 23.7 Å². The molecule has 0 saturated heterocycles. The van der Waals surface area contributed by atoms with Crippen molar-refractivity contribution < 1.29 is 4.79 Å². The van der Waals surface area contributed by atoms with E-state index >= 15 is 0 Å². The van der Waals surface area contributed by atoms with Crippen LogP contribution in [0.2, 0.25) is 5.02 Å². The van der Waals surface area contributed by atoms with Gasteiger partial charge >= 0.3 is 0 Å². The summed E-state index contributed by atoms with van der Waals surface area (Å²) in [6, 6.07) is 7.46.